The number of halogens is 1. The predicted molar refractivity (Wildman–Crippen MR) is 98.8 cm³/mol. The van der Waals surface area contributed by atoms with Crippen LogP contribution >= 0.6 is 11.6 Å². The Morgan fingerprint density at radius 2 is 1.93 bits per heavy atom. The zero-order valence-corrected chi connectivity index (χ0v) is 15.9. The van der Waals surface area contributed by atoms with Crippen molar-refractivity contribution in [1.82, 2.24) is 19.5 Å². The van der Waals surface area contributed by atoms with Crippen LogP contribution in [0.2, 0.25) is 5.02 Å². The molecule has 0 bridgehead atoms. The molecule has 0 saturated carbocycles. The van der Waals surface area contributed by atoms with Crippen molar-refractivity contribution >= 4 is 32.7 Å². The summed E-state index contributed by atoms with van der Waals surface area (Å²) in [5, 5.41) is 8.55. The second kappa shape index (κ2) is 7.43. The van der Waals surface area contributed by atoms with Gasteiger partial charge >= 0.3 is 0 Å². The minimum Gasteiger partial charge on any atom is -0.390 e. The molecule has 0 spiro atoms. The molecule has 1 saturated heterocycles. The van der Waals surface area contributed by atoms with Crippen molar-refractivity contribution < 1.29 is 18.0 Å². The number of ether oxygens (including phenoxy) is 1. The van der Waals surface area contributed by atoms with Crippen LogP contribution in [-0.4, -0.2) is 54.2 Å². The quantitative estimate of drug-likeness (QED) is 0.639. The lowest BCUT2D eigenvalue weighted by Gasteiger charge is -2.26. The highest BCUT2D eigenvalue weighted by Gasteiger charge is 2.27. The largest absolute Gasteiger partial charge is 0.390 e. The van der Waals surface area contributed by atoms with E-state index in [1.54, 1.807) is 12.1 Å². The Morgan fingerprint density at radius 3 is 2.70 bits per heavy atom. The van der Waals surface area contributed by atoms with E-state index in [4.69, 9.17) is 21.2 Å². The number of rotatable bonds is 5. The number of nitrogens with zero attached hydrogens (tertiary/aromatic N) is 4. The van der Waals surface area contributed by atoms with Gasteiger partial charge in [0.2, 0.25) is 10.0 Å². The molecule has 1 aromatic heterocycles. The maximum atomic E-state index is 12.9. The average molecular weight is 409 g/mol. The van der Waals surface area contributed by atoms with E-state index in [1.807, 2.05) is 18.2 Å². The van der Waals surface area contributed by atoms with E-state index in [-0.39, 0.29) is 11.5 Å². The number of aromatic nitrogens is 3. The first-order valence-corrected chi connectivity index (χ1v) is 10.2. The van der Waals surface area contributed by atoms with E-state index in [1.165, 1.54) is 21.3 Å². The van der Waals surface area contributed by atoms with Crippen LogP contribution in [0.3, 0.4) is 0 Å². The van der Waals surface area contributed by atoms with Gasteiger partial charge in [0.15, 0.2) is 0 Å². The first-order chi connectivity index (χ1) is 13.1. The fourth-order valence-electron chi connectivity index (χ4n) is 2.82. The molecule has 8 nitrogen and oxygen atoms in total. The zero-order chi connectivity index (χ0) is 18.9. The third kappa shape index (κ3) is 3.63. The first-order valence-electron chi connectivity index (χ1n) is 8.36. The van der Waals surface area contributed by atoms with Gasteiger partial charge in [-0.2, -0.15) is 4.31 Å². The van der Waals surface area contributed by atoms with Crippen LogP contribution < -0.4 is 4.84 Å². The molecule has 10 heteroatoms. The predicted octanol–water partition coefficient (Wildman–Crippen LogP) is 1.73. The van der Waals surface area contributed by atoms with Crippen molar-refractivity contribution in [3.05, 3.63) is 53.1 Å². The van der Waals surface area contributed by atoms with E-state index in [9.17, 15) is 8.42 Å². The van der Waals surface area contributed by atoms with Crippen molar-refractivity contribution in [3.63, 3.8) is 0 Å². The summed E-state index contributed by atoms with van der Waals surface area (Å²) in [6, 6.07) is 12.0. The van der Waals surface area contributed by atoms with E-state index in [0.29, 0.717) is 42.4 Å². The molecule has 3 aromatic rings. The van der Waals surface area contributed by atoms with Crippen LogP contribution in [0.25, 0.3) is 11.0 Å². The summed E-state index contributed by atoms with van der Waals surface area (Å²) in [5.74, 6) is 0. The van der Waals surface area contributed by atoms with Gasteiger partial charge in [-0.05, 0) is 29.5 Å². The van der Waals surface area contributed by atoms with E-state index < -0.39 is 10.0 Å². The minimum absolute atomic E-state index is 0.168. The van der Waals surface area contributed by atoms with Gasteiger partial charge in [-0.25, -0.2) is 8.42 Å². The Kier molecular flexibility index (Phi) is 5.00. The summed E-state index contributed by atoms with van der Waals surface area (Å²) in [4.78, 5) is 7.06. The monoisotopic (exact) mass is 408 g/mol. The van der Waals surface area contributed by atoms with Gasteiger partial charge in [0, 0.05) is 23.7 Å². The Morgan fingerprint density at radius 1 is 1.15 bits per heavy atom. The number of hydrogen-bond donors (Lipinski definition) is 0. The molecule has 0 unspecified atom stereocenters. The lowest BCUT2D eigenvalue weighted by atomic mass is 10.2. The van der Waals surface area contributed by atoms with Gasteiger partial charge in [-0.3, -0.25) is 0 Å². The maximum absolute atomic E-state index is 12.9. The molecule has 2 heterocycles. The molecule has 142 valence electrons. The highest BCUT2D eigenvalue weighted by molar-refractivity contribution is 7.89. The number of fused-ring (bicyclic) bond motifs is 1. The Labute approximate surface area is 161 Å². The highest BCUT2D eigenvalue weighted by atomic mass is 35.5. The van der Waals surface area contributed by atoms with Crippen LogP contribution in [0.15, 0.2) is 47.4 Å². The second-order valence-electron chi connectivity index (χ2n) is 5.99. The normalized spacial score (nSPS) is 15.9. The SMILES string of the molecule is O=S(=O)(c1ccc2nnn(OCc3ccccc3Cl)c2c1)N1CCOCC1. The molecule has 0 N–H and O–H groups in total. The minimum atomic E-state index is -3.61. The zero-order valence-electron chi connectivity index (χ0n) is 14.3. The van der Waals surface area contributed by atoms with E-state index in [0.717, 1.165) is 5.56 Å². The van der Waals surface area contributed by atoms with Crippen LogP contribution in [0.5, 0.6) is 0 Å². The fraction of sp³-hybridized carbons (Fsp3) is 0.294. The van der Waals surface area contributed by atoms with Crippen LogP contribution in [0.1, 0.15) is 5.56 Å². The average Bonchev–Trinajstić information content (AvgIpc) is 3.10. The maximum Gasteiger partial charge on any atom is 0.243 e. The number of benzene rings is 2. The third-order valence-corrected chi connectivity index (χ3v) is 6.56. The molecule has 2 aromatic carbocycles. The summed E-state index contributed by atoms with van der Waals surface area (Å²) in [6.07, 6.45) is 0. The van der Waals surface area contributed by atoms with Gasteiger partial charge in [0.1, 0.15) is 17.6 Å². The summed E-state index contributed by atoms with van der Waals surface area (Å²) in [6.45, 7) is 1.63. The van der Waals surface area contributed by atoms with E-state index >= 15 is 0 Å². The lowest BCUT2D eigenvalue weighted by molar-refractivity contribution is 0.0729. The topological polar surface area (TPSA) is 86.5 Å². The molecular formula is C17H17ClN4O4S. The van der Waals surface area contributed by atoms with E-state index in [2.05, 4.69) is 10.3 Å². The first kappa shape index (κ1) is 18.2. The van der Waals surface area contributed by atoms with Crippen molar-refractivity contribution in [2.45, 2.75) is 11.5 Å². The second-order valence-corrected chi connectivity index (χ2v) is 8.34. The smallest absolute Gasteiger partial charge is 0.243 e. The van der Waals surface area contributed by atoms with Gasteiger partial charge in [0.05, 0.1) is 18.1 Å². The molecule has 0 radical (unpaired) electrons. The fourth-order valence-corrected chi connectivity index (χ4v) is 4.43. The molecule has 0 aliphatic carbocycles. The number of sulfonamides is 1. The molecule has 0 atom stereocenters. The van der Waals surface area contributed by atoms with Crippen molar-refractivity contribution in [2.24, 2.45) is 0 Å². The van der Waals surface area contributed by atoms with Crippen molar-refractivity contribution in [3.8, 4) is 0 Å². The Hall–Kier alpha value is -2.20. The molecule has 1 fully saturated rings. The van der Waals surface area contributed by atoms with Gasteiger partial charge in [-0.1, -0.05) is 34.6 Å². The third-order valence-electron chi connectivity index (χ3n) is 4.29. The van der Waals surface area contributed by atoms with Gasteiger partial charge in [0.25, 0.3) is 0 Å². The van der Waals surface area contributed by atoms with Gasteiger partial charge < -0.3 is 9.57 Å². The highest BCUT2D eigenvalue weighted by Crippen LogP contribution is 2.22. The number of morpholine rings is 1. The summed E-state index contributed by atoms with van der Waals surface area (Å²) < 4.78 is 32.3. The molecule has 4 rings (SSSR count). The van der Waals surface area contributed by atoms with Crippen molar-refractivity contribution in [2.75, 3.05) is 26.3 Å². The molecule has 1 aliphatic heterocycles. The molecule has 1 aliphatic rings. The molecule has 0 amide bonds. The lowest BCUT2D eigenvalue weighted by Crippen LogP contribution is -2.40. The van der Waals surface area contributed by atoms with Crippen LogP contribution in [0, 0.1) is 0 Å². The summed E-state index contributed by atoms with van der Waals surface area (Å²) in [5.41, 5.74) is 1.80. The summed E-state index contributed by atoms with van der Waals surface area (Å²) in [7, 11) is -3.61. The molecule has 27 heavy (non-hydrogen) atoms. The van der Waals surface area contributed by atoms with Crippen LogP contribution in [0.4, 0.5) is 0 Å². The van der Waals surface area contributed by atoms with Crippen molar-refractivity contribution in [1.29, 1.82) is 0 Å². The van der Waals surface area contributed by atoms with Gasteiger partial charge in [-0.15, -0.1) is 5.10 Å². The standard InChI is InChI=1S/C17H17ClN4O4S/c18-15-4-2-1-3-13(15)12-26-22-17-11-14(5-6-16(17)19-20-22)27(23,24)21-7-9-25-10-8-21/h1-6,11H,7-10,12H2. The Balaban J connectivity index is 1.62. The number of hydrogen-bond acceptors (Lipinski definition) is 6. The Bertz CT molecular complexity index is 1060. The van der Waals surface area contributed by atoms with Crippen LogP contribution in [-0.2, 0) is 21.4 Å². The summed E-state index contributed by atoms with van der Waals surface area (Å²) >= 11 is 6.13. The molecular weight excluding hydrogens is 392 g/mol.